The third kappa shape index (κ3) is 3.66. The van der Waals surface area contributed by atoms with Crippen LogP contribution in [0.5, 0.6) is 0 Å². The van der Waals surface area contributed by atoms with Crippen LogP contribution in [0, 0.1) is 12.8 Å². The second-order valence-corrected chi connectivity index (χ2v) is 7.80. The molecule has 0 bridgehead atoms. The quantitative estimate of drug-likeness (QED) is 0.810. The molecule has 2 aromatic rings. The number of carbonyl (C=O) groups is 1. The molecule has 1 saturated carbocycles. The third-order valence-electron chi connectivity index (χ3n) is 5.76. The average molecular weight is 380 g/mol. The molecule has 0 radical (unpaired) electrons. The minimum absolute atomic E-state index is 0.0411. The minimum Gasteiger partial charge on any atom is -0.342 e. The fourth-order valence-corrected chi connectivity index (χ4v) is 4.34. The summed E-state index contributed by atoms with van der Waals surface area (Å²) in [5, 5.41) is 4.20. The van der Waals surface area contributed by atoms with Gasteiger partial charge in [-0.15, -0.1) is 0 Å². The zero-order chi connectivity index (χ0) is 19.2. The molecular weight excluding hydrogens is 357 g/mol. The molecule has 0 unspecified atom stereocenters. The molecule has 1 aliphatic carbocycles. The van der Waals surface area contributed by atoms with Gasteiger partial charge in [0.2, 0.25) is 5.91 Å². The molecule has 0 N–H and O–H groups in total. The molecule has 4 rings (SSSR count). The second kappa shape index (κ2) is 6.80. The second-order valence-electron chi connectivity index (χ2n) is 7.80. The van der Waals surface area contributed by atoms with Gasteiger partial charge in [0.1, 0.15) is 5.69 Å². The summed E-state index contributed by atoms with van der Waals surface area (Å²) in [5.41, 5.74) is 0.271. The van der Waals surface area contributed by atoms with Crippen LogP contribution in [0.1, 0.15) is 61.5 Å². The van der Waals surface area contributed by atoms with Crippen LogP contribution < -0.4 is 0 Å². The van der Waals surface area contributed by atoms with Gasteiger partial charge in [0, 0.05) is 37.2 Å². The minimum atomic E-state index is -4.49. The Morgan fingerprint density at radius 3 is 2.67 bits per heavy atom. The third-order valence-corrected chi connectivity index (χ3v) is 5.76. The highest BCUT2D eigenvalue weighted by Crippen LogP contribution is 2.33. The van der Waals surface area contributed by atoms with E-state index in [1.165, 1.54) is 12.8 Å². The van der Waals surface area contributed by atoms with Crippen LogP contribution in [-0.4, -0.2) is 38.5 Å². The molecule has 0 aromatic carbocycles. The van der Waals surface area contributed by atoms with Gasteiger partial charge in [0.15, 0.2) is 5.65 Å². The molecule has 146 valence electrons. The van der Waals surface area contributed by atoms with E-state index in [4.69, 9.17) is 0 Å². The smallest absolute Gasteiger partial charge is 0.342 e. The van der Waals surface area contributed by atoms with Crippen molar-refractivity contribution in [1.29, 1.82) is 0 Å². The first-order chi connectivity index (χ1) is 12.8. The lowest BCUT2D eigenvalue weighted by atomic mass is 10.0. The van der Waals surface area contributed by atoms with E-state index in [-0.39, 0.29) is 17.5 Å². The fraction of sp³-hybridized carbons (Fsp3) is 0.632. The predicted molar refractivity (Wildman–Crippen MR) is 93.2 cm³/mol. The molecule has 0 spiro atoms. The van der Waals surface area contributed by atoms with Crippen molar-refractivity contribution in [3.63, 3.8) is 0 Å². The number of amides is 1. The highest BCUT2D eigenvalue weighted by Gasteiger charge is 2.36. The van der Waals surface area contributed by atoms with Crippen molar-refractivity contribution < 1.29 is 18.0 Å². The Kier molecular flexibility index (Phi) is 4.60. The van der Waals surface area contributed by atoms with Crippen LogP contribution in [-0.2, 0) is 11.0 Å². The van der Waals surface area contributed by atoms with Crippen LogP contribution in [0.4, 0.5) is 13.2 Å². The summed E-state index contributed by atoms with van der Waals surface area (Å²) in [5.74, 6) is 0.618. The lowest BCUT2D eigenvalue weighted by molar-refractivity contribution is -0.142. The number of hydrogen-bond acceptors (Lipinski definition) is 3. The Morgan fingerprint density at radius 2 is 1.96 bits per heavy atom. The first kappa shape index (κ1) is 18.3. The molecule has 1 aliphatic heterocycles. The molecule has 2 fully saturated rings. The summed E-state index contributed by atoms with van der Waals surface area (Å²) in [6.45, 7) is 2.71. The number of aryl methyl sites for hydroxylation is 1. The maximum absolute atomic E-state index is 13.3. The maximum Gasteiger partial charge on any atom is 0.433 e. The molecule has 8 heteroatoms. The highest BCUT2D eigenvalue weighted by molar-refractivity contribution is 5.77. The van der Waals surface area contributed by atoms with E-state index in [1.807, 2.05) is 4.90 Å². The van der Waals surface area contributed by atoms with Gasteiger partial charge in [-0.1, -0.05) is 12.8 Å². The van der Waals surface area contributed by atoms with Crippen molar-refractivity contribution >= 4 is 11.6 Å². The van der Waals surface area contributed by atoms with Gasteiger partial charge in [-0.05, 0) is 38.2 Å². The van der Waals surface area contributed by atoms with Crippen molar-refractivity contribution in [3.05, 3.63) is 29.2 Å². The van der Waals surface area contributed by atoms with E-state index < -0.39 is 11.9 Å². The van der Waals surface area contributed by atoms with Gasteiger partial charge in [-0.25, -0.2) is 9.50 Å². The lowest BCUT2D eigenvalue weighted by Gasteiger charge is -2.18. The summed E-state index contributed by atoms with van der Waals surface area (Å²) in [6.07, 6.45) is 1.48. The number of rotatable bonds is 3. The predicted octanol–water partition coefficient (Wildman–Crippen LogP) is 3.95. The van der Waals surface area contributed by atoms with Gasteiger partial charge in [0.05, 0.1) is 5.69 Å². The molecule has 2 aromatic heterocycles. The standard InChI is InChI=1S/C19H23F3N4O/c1-12-8-16(19(20,21)22)26-17(23-12)10-15(24-26)14-6-7-25(11-14)18(27)9-13-4-2-3-5-13/h8,10,13-14H,2-7,9,11H2,1H3/t14-/m1/s1. The van der Waals surface area contributed by atoms with Crippen LogP contribution in [0.25, 0.3) is 5.65 Å². The molecule has 1 amide bonds. The first-order valence-corrected chi connectivity index (χ1v) is 9.53. The maximum atomic E-state index is 13.3. The molecule has 2 aliphatic rings. The SMILES string of the molecule is Cc1cc(C(F)(F)F)n2nc([C@@H]3CCN(C(=O)CC4CCCC4)C3)cc2n1. The topological polar surface area (TPSA) is 50.5 Å². The van der Waals surface area contributed by atoms with E-state index in [1.54, 1.807) is 13.0 Å². The summed E-state index contributed by atoms with van der Waals surface area (Å²) >= 11 is 0. The number of hydrogen-bond donors (Lipinski definition) is 0. The van der Waals surface area contributed by atoms with Gasteiger partial charge < -0.3 is 4.90 Å². The van der Waals surface area contributed by atoms with Crippen LogP contribution in [0.3, 0.4) is 0 Å². The van der Waals surface area contributed by atoms with Crippen molar-refractivity contribution in [1.82, 2.24) is 19.5 Å². The normalized spacial score (nSPS) is 21.5. The number of likely N-dealkylation sites (tertiary alicyclic amines) is 1. The van der Waals surface area contributed by atoms with Crippen molar-refractivity contribution in [2.75, 3.05) is 13.1 Å². The molecule has 27 heavy (non-hydrogen) atoms. The van der Waals surface area contributed by atoms with Crippen molar-refractivity contribution in [3.8, 4) is 0 Å². The van der Waals surface area contributed by atoms with E-state index >= 15 is 0 Å². The Hall–Kier alpha value is -2.12. The van der Waals surface area contributed by atoms with E-state index in [9.17, 15) is 18.0 Å². The van der Waals surface area contributed by atoms with Gasteiger partial charge in [-0.3, -0.25) is 4.79 Å². The zero-order valence-electron chi connectivity index (χ0n) is 15.3. The molecular formula is C19H23F3N4O. The van der Waals surface area contributed by atoms with Crippen LogP contribution in [0.15, 0.2) is 12.1 Å². The molecule has 1 saturated heterocycles. The average Bonchev–Trinajstić information content (AvgIpc) is 3.32. The van der Waals surface area contributed by atoms with E-state index in [0.29, 0.717) is 36.8 Å². The molecule has 3 heterocycles. The number of fused-ring (bicyclic) bond motifs is 1. The number of alkyl halides is 3. The lowest BCUT2D eigenvalue weighted by Crippen LogP contribution is -2.29. The van der Waals surface area contributed by atoms with Crippen LogP contribution >= 0.6 is 0 Å². The summed E-state index contributed by atoms with van der Waals surface area (Å²) in [7, 11) is 0. The summed E-state index contributed by atoms with van der Waals surface area (Å²) in [6, 6.07) is 2.63. The summed E-state index contributed by atoms with van der Waals surface area (Å²) < 4.78 is 40.8. The van der Waals surface area contributed by atoms with E-state index in [2.05, 4.69) is 10.1 Å². The summed E-state index contributed by atoms with van der Waals surface area (Å²) in [4.78, 5) is 18.5. The Labute approximate surface area is 155 Å². The van der Waals surface area contributed by atoms with Gasteiger partial charge in [0.25, 0.3) is 0 Å². The van der Waals surface area contributed by atoms with Crippen LogP contribution in [0.2, 0.25) is 0 Å². The highest BCUT2D eigenvalue weighted by atomic mass is 19.4. The van der Waals surface area contributed by atoms with Gasteiger partial charge >= 0.3 is 6.18 Å². The molecule has 1 atom stereocenters. The Bertz CT molecular complexity index is 854. The van der Waals surface area contributed by atoms with Gasteiger partial charge in [-0.2, -0.15) is 18.3 Å². The van der Waals surface area contributed by atoms with Crippen molar-refractivity contribution in [2.24, 2.45) is 5.92 Å². The Morgan fingerprint density at radius 1 is 1.22 bits per heavy atom. The Balaban J connectivity index is 1.52. The monoisotopic (exact) mass is 380 g/mol. The molecule has 5 nitrogen and oxygen atoms in total. The number of carbonyl (C=O) groups excluding carboxylic acids is 1. The number of nitrogens with zero attached hydrogens (tertiary/aromatic N) is 4. The van der Waals surface area contributed by atoms with E-state index in [0.717, 1.165) is 29.8 Å². The largest absolute Gasteiger partial charge is 0.433 e. The zero-order valence-corrected chi connectivity index (χ0v) is 15.3. The number of aromatic nitrogens is 3. The first-order valence-electron chi connectivity index (χ1n) is 9.53. The fourth-order valence-electron chi connectivity index (χ4n) is 4.34. The number of halogens is 3. The van der Waals surface area contributed by atoms with Crippen molar-refractivity contribution in [2.45, 2.75) is 57.5 Å².